The smallest absolute Gasteiger partial charge is 0.222 e. The van der Waals surface area contributed by atoms with E-state index in [0.717, 1.165) is 37.8 Å². The third kappa shape index (κ3) is 5.26. The number of nitrogens with zero attached hydrogens (tertiary/aromatic N) is 2. The van der Waals surface area contributed by atoms with Crippen LogP contribution in [0.25, 0.3) is 0 Å². The molecule has 1 heterocycles. The van der Waals surface area contributed by atoms with Crippen molar-refractivity contribution in [3.8, 4) is 0 Å². The van der Waals surface area contributed by atoms with Gasteiger partial charge in [-0.1, -0.05) is 26.0 Å². The molecule has 1 aliphatic rings. The molecule has 1 aromatic carbocycles. The van der Waals surface area contributed by atoms with Gasteiger partial charge in [0.1, 0.15) is 0 Å². The summed E-state index contributed by atoms with van der Waals surface area (Å²) in [5, 5.41) is 0. The van der Waals surface area contributed by atoms with E-state index in [-0.39, 0.29) is 0 Å². The third-order valence-corrected chi connectivity index (χ3v) is 5.12. The summed E-state index contributed by atoms with van der Waals surface area (Å²) in [5.41, 5.74) is 2.45. The van der Waals surface area contributed by atoms with Crippen LogP contribution >= 0.6 is 0 Å². The predicted molar refractivity (Wildman–Crippen MR) is 97.8 cm³/mol. The topological polar surface area (TPSA) is 23.6 Å². The summed E-state index contributed by atoms with van der Waals surface area (Å²) < 4.78 is 0. The number of benzene rings is 1. The molecule has 1 fully saturated rings. The zero-order valence-electron chi connectivity index (χ0n) is 15.2. The number of amides is 1. The van der Waals surface area contributed by atoms with Gasteiger partial charge in [0.25, 0.3) is 0 Å². The number of anilines is 1. The molecule has 0 N–H and O–H groups in total. The first kappa shape index (κ1) is 17.8. The van der Waals surface area contributed by atoms with Crippen molar-refractivity contribution in [3.05, 3.63) is 29.8 Å². The maximum Gasteiger partial charge on any atom is 0.222 e. The van der Waals surface area contributed by atoms with Crippen LogP contribution in [0.3, 0.4) is 0 Å². The lowest BCUT2D eigenvalue weighted by atomic mass is 9.89. The fraction of sp³-hybridized carbons (Fsp3) is 0.650. The zero-order chi connectivity index (χ0) is 16.8. The van der Waals surface area contributed by atoms with Crippen LogP contribution in [-0.4, -0.2) is 38.0 Å². The Morgan fingerprint density at radius 1 is 1.26 bits per heavy atom. The maximum atomic E-state index is 12.5. The number of likely N-dealkylation sites (tertiary alicyclic amines) is 1. The molecule has 0 aliphatic carbocycles. The average molecular weight is 316 g/mol. The lowest BCUT2D eigenvalue weighted by Crippen LogP contribution is -2.32. The molecule has 0 radical (unpaired) electrons. The molecule has 0 unspecified atom stereocenters. The van der Waals surface area contributed by atoms with Crippen LogP contribution in [0.15, 0.2) is 24.3 Å². The van der Waals surface area contributed by atoms with Crippen molar-refractivity contribution in [1.29, 1.82) is 0 Å². The maximum absolute atomic E-state index is 12.5. The SMILES string of the molecule is CC(C)[C@H]1CCCN(C(=O)CCc2cccc(N(C)C)c2)CC1. The molecule has 128 valence electrons. The van der Waals surface area contributed by atoms with Crippen molar-refractivity contribution < 1.29 is 4.79 Å². The van der Waals surface area contributed by atoms with Gasteiger partial charge in [0.2, 0.25) is 5.91 Å². The second-order valence-corrected chi connectivity index (χ2v) is 7.38. The van der Waals surface area contributed by atoms with Gasteiger partial charge in [-0.05, 0) is 55.2 Å². The minimum absolute atomic E-state index is 0.324. The Morgan fingerprint density at radius 3 is 2.74 bits per heavy atom. The van der Waals surface area contributed by atoms with Gasteiger partial charge in [-0.2, -0.15) is 0 Å². The molecule has 0 bridgehead atoms. The minimum Gasteiger partial charge on any atom is -0.378 e. The van der Waals surface area contributed by atoms with Crippen LogP contribution in [0.2, 0.25) is 0 Å². The second kappa shape index (κ2) is 8.37. The molecule has 23 heavy (non-hydrogen) atoms. The first-order chi connectivity index (χ1) is 11.0. The lowest BCUT2D eigenvalue weighted by Gasteiger charge is -2.22. The van der Waals surface area contributed by atoms with Gasteiger partial charge < -0.3 is 9.80 Å². The van der Waals surface area contributed by atoms with E-state index in [0.29, 0.717) is 12.3 Å². The molecular weight excluding hydrogens is 284 g/mol. The Hall–Kier alpha value is -1.51. The van der Waals surface area contributed by atoms with E-state index in [2.05, 4.69) is 47.9 Å². The van der Waals surface area contributed by atoms with Gasteiger partial charge in [0.05, 0.1) is 0 Å². The van der Waals surface area contributed by atoms with Crippen LogP contribution in [0.1, 0.15) is 45.1 Å². The largest absolute Gasteiger partial charge is 0.378 e. The van der Waals surface area contributed by atoms with Crippen LogP contribution in [-0.2, 0) is 11.2 Å². The minimum atomic E-state index is 0.324. The van der Waals surface area contributed by atoms with E-state index in [4.69, 9.17) is 0 Å². The van der Waals surface area contributed by atoms with E-state index in [9.17, 15) is 4.79 Å². The fourth-order valence-electron chi connectivity index (χ4n) is 3.44. The Kier molecular flexibility index (Phi) is 6.49. The molecule has 1 aliphatic heterocycles. The van der Waals surface area contributed by atoms with Crippen molar-refractivity contribution in [1.82, 2.24) is 4.90 Å². The number of carbonyl (C=O) groups excluding carboxylic acids is 1. The van der Waals surface area contributed by atoms with Crippen molar-refractivity contribution in [2.75, 3.05) is 32.1 Å². The summed E-state index contributed by atoms with van der Waals surface area (Å²) in [6, 6.07) is 8.49. The summed E-state index contributed by atoms with van der Waals surface area (Å²) in [4.78, 5) is 16.7. The van der Waals surface area contributed by atoms with Gasteiger partial charge >= 0.3 is 0 Å². The van der Waals surface area contributed by atoms with Gasteiger partial charge in [-0.15, -0.1) is 0 Å². The number of aryl methyl sites for hydroxylation is 1. The number of hydrogen-bond donors (Lipinski definition) is 0. The van der Waals surface area contributed by atoms with Gasteiger partial charge in [-0.25, -0.2) is 0 Å². The standard InChI is InChI=1S/C20H32N2O/c1-16(2)18-8-6-13-22(14-12-18)20(23)11-10-17-7-5-9-19(15-17)21(3)4/h5,7,9,15-16,18H,6,8,10-14H2,1-4H3/t18-/m0/s1. The van der Waals surface area contributed by atoms with E-state index in [1.807, 2.05) is 14.1 Å². The highest BCUT2D eigenvalue weighted by molar-refractivity contribution is 5.76. The highest BCUT2D eigenvalue weighted by atomic mass is 16.2. The second-order valence-electron chi connectivity index (χ2n) is 7.38. The molecule has 2 rings (SSSR count). The van der Waals surface area contributed by atoms with Crippen molar-refractivity contribution in [3.63, 3.8) is 0 Å². The molecule has 1 atom stereocenters. The van der Waals surface area contributed by atoms with Gasteiger partial charge in [-0.3, -0.25) is 4.79 Å². The summed E-state index contributed by atoms with van der Waals surface area (Å²) >= 11 is 0. The molecule has 3 heteroatoms. The summed E-state index contributed by atoms with van der Waals surface area (Å²) in [5.74, 6) is 1.84. The van der Waals surface area contributed by atoms with Crippen molar-refractivity contribution in [2.24, 2.45) is 11.8 Å². The normalized spacial score (nSPS) is 18.8. The quantitative estimate of drug-likeness (QED) is 0.820. The monoisotopic (exact) mass is 316 g/mol. The number of rotatable bonds is 5. The van der Waals surface area contributed by atoms with Crippen LogP contribution in [0.5, 0.6) is 0 Å². The number of hydrogen-bond acceptors (Lipinski definition) is 2. The fourth-order valence-corrected chi connectivity index (χ4v) is 3.44. The molecule has 1 aromatic rings. The molecule has 1 amide bonds. The Bertz CT molecular complexity index is 510. The molecule has 1 saturated heterocycles. The summed E-state index contributed by atoms with van der Waals surface area (Å²) in [6.45, 7) is 6.50. The Labute approximate surface area is 141 Å². The molecule has 0 aromatic heterocycles. The van der Waals surface area contributed by atoms with Crippen LogP contribution in [0.4, 0.5) is 5.69 Å². The highest BCUT2D eigenvalue weighted by Gasteiger charge is 2.22. The van der Waals surface area contributed by atoms with E-state index < -0.39 is 0 Å². The highest BCUT2D eigenvalue weighted by Crippen LogP contribution is 2.25. The molecule has 3 nitrogen and oxygen atoms in total. The summed E-state index contributed by atoms with van der Waals surface area (Å²) in [7, 11) is 4.10. The van der Waals surface area contributed by atoms with E-state index >= 15 is 0 Å². The van der Waals surface area contributed by atoms with Crippen LogP contribution in [0, 0.1) is 11.8 Å². The van der Waals surface area contributed by atoms with E-state index in [1.54, 1.807) is 0 Å². The van der Waals surface area contributed by atoms with Gasteiger partial charge in [0, 0.05) is 39.3 Å². The summed E-state index contributed by atoms with van der Waals surface area (Å²) in [6.07, 6.45) is 5.06. The Balaban J connectivity index is 1.86. The zero-order valence-corrected chi connectivity index (χ0v) is 15.2. The molecular formula is C20H32N2O. The Morgan fingerprint density at radius 2 is 2.04 bits per heavy atom. The van der Waals surface area contributed by atoms with Crippen molar-refractivity contribution >= 4 is 11.6 Å². The van der Waals surface area contributed by atoms with Crippen molar-refractivity contribution in [2.45, 2.75) is 46.0 Å². The molecule has 0 saturated carbocycles. The van der Waals surface area contributed by atoms with E-state index in [1.165, 1.54) is 24.1 Å². The number of carbonyl (C=O) groups is 1. The predicted octanol–water partition coefficient (Wildman–Crippen LogP) is 3.97. The first-order valence-electron chi connectivity index (χ1n) is 9.01. The third-order valence-electron chi connectivity index (χ3n) is 5.12. The average Bonchev–Trinajstić information content (AvgIpc) is 2.79. The van der Waals surface area contributed by atoms with Gasteiger partial charge in [0.15, 0.2) is 0 Å². The lowest BCUT2D eigenvalue weighted by molar-refractivity contribution is -0.131. The first-order valence-corrected chi connectivity index (χ1v) is 9.01. The van der Waals surface area contributed by atoms with Crippen LogP contribution < -0.4 is 4.90 Å². The molecule has 0 spiro atoms.